The third-order valence-electron chi connectivity index (χ3n) is 4.81. The standard InChI is InChI=1S/C23H17ClF3N3O4/c24-19-13-16(30(33)34)9-10-17(19)22(32)29-20-4-2-1-3-18(20)21(31)28-12-11-14-5-7-15(8-6-14)23(25,26)27/h1-10,13H,11-12H2,(H,28,31)(H,29,32). The molecular formula is C23H17ClF3N3O4. The zero-order valence-electron chi connectivity index (χ0n) is 17.4. The van der Waals surface area contributed by atoms with Gasteiger partial charge >= 0.3 is 6.18 Å². The zero-order chi connectivity index (χ0) is 24.9. The van der Waals surface area contributed by atoms with Gasteiger partial charge in [-0.25, -0.2) is 0 Å². The van der Waals surface area contributed by atoms with Crippen LogP contribution in [-0.2, 0) is 12.6 Å². The Kier molecular flexibility index (Phi) is 7.52. The Morgan fingerprint density at radius 3 is 2.24 bits per heavy atom. The van der Waals surface area contributed by atoms with Crippen LogP contribution in [0.3, 0.4) is 0 Å². The number of hydrogen-bond donors (Lipinski definition) is 2. The SMILES string of the molecule is O=C(Nc1ccccc1C(=O)NCCc1ccc(C(F)(F)F)cc1)c1ccc([N+](=O)[O-])cc1Cl. The maximum absolute atomic E-state index is 12.7. The molecule has 3 aromatic carbocycles. The van der Waals surface area contributed by atoms with Crippen molar-refractivity contribution in [3.63, 3.8) is 0 Å². The average molecular weight is 492 g/mol. The summed E-state index contributed by atoms with van der Waals surface area (Å²) in [6.07, 6.45) is -4.11. The van der Waals surface area contributed by atoms with Crippen LogP contribution < -0.4 is 10.6 Å². The third kappa shape index (κ3) is 6.10. The van der Waals surface area contributed by atoms with Crippen molar-refractivity contribution in [3.8, 4) is 0 Å². The summed E-state index contributed by atoms with van der Waals surface area (Å²) in [5, 5.41) is 15.9. The van der Waals surface area contributed by atoms with Gasteiger partial charge in [-0.1, -0.05) is 35.9 Å². The highest BCUT2D eigenvalue weighted by Crippen LogP contribution is 2.29. The summed E-state index contributed by atoms with van der Waals surface area (Å²) in [6, 6.07) is 14.2. The lowest BCUT2D eigenvalue weighted by Gasteiger charge is -2.12. The summed E-state index contributed by atoms with van der Waals surface area (Å²) in [4.78, 5) is 35.4. The van der Waals surface area contributed by atoms with E-state index in [1.165, 1.54) is 30.3 Å². The first kappa shape index (κ1) is 24.7. The van der Waals surface area contributed by atoms with Crippen molar-refractivity contribution in [1.29, 1.82) is 0 Å². The van der Waals surface area contributed by atoms with Gasteiger partial charge in [-0.05, 0) is 42.3 Å². The molecule has 0 radical (unpaired) electrons. The number of amides is 2. The molecule has 11 heteroatoms. The minimum absolute atomic E-state index is 0.00946. The molecule has 0 fully saturated rings. The second-order valence-electron chi connectivity index (χ2n) is 7.12. The minimum atomic E-state index is -4.42. The van der Waals surface area contributed by atoms with Gasteiger partial charge in [-0.3, -0.25) is 19.7 Å². The molecule has 0 aliphatic carbocycles. The Hall–Kier alpha value is -3.92. The van der Waals surface area contributed by atoms with Gasteiger partial charge in [0.25, 0.3) is 17.5 Å². The lowest BCUT2D eigenvalue weighted by molar-refractivity contribution is -0.384. The van der Waals surface area contributed by atoms with Crippen molar-refractivity contribution in [2.24, 2.45) is 0 Å². The first-order chi connectivity index (χ1) is 16.1. The number of nitro benzene ring substituents is 1. The van der Waals surface area contributed by atoms with Gasteiger partial charge in [-0.15, -0.1) is 0 Å². The van der Waals surface area contributed by atoms with Gasteiger partial charge in [0.2, 0.25) is 0 Å². The number of benzene rings is 3. The van der Waals surface area contributed by atoms with Crippen molar-refractivity contribution in [3.05, 3.63) is 104 Å². The summed E-state index contributed by atoms with van der Waals surface area (Å²) >= 11 is 5.99. The molecule has 7 nitrogen and oxygen atoms in total. The molecule has 0 bridgehead atoms. The molecule has 2 amide bonds. The van der Waals surface area contributed by atoms with Crippen molar-refractivity contribution in [2.45, 2.75) is 12.6 Å². The van der Waals surface area contributed by atoms with E-state index >= 15 is 0 Å². The average Bonchev–Trinajstić information content (AvgIpc) is 2.79. The number of nitrogens with one attached hydrogen (secondary N) is 2. The number of non-ortho nitro benzene ring substituents is 1. The Balaban J connectivity index is 1.65. The summed E-state index contributed by atoms with van der Waals surface area (Å²) in [7, 11) is 0. The molecule has 34 heavy (non-hydrogen) atoms. The number of alkyl halides is 3. The largest absolute Gasteiger partial charge is 0.416 e. The molecule has 0 heterocycles. The number of nitro groups is 1. The predicted octanol–water partition coefficient (Wildman–Crippen LogP) is 5.49. The summed E-state index contributed by atoms with van der Waals surface area (Å²) in [5.74, 6) is -1.16. The highest BCUT2D eigenvalue weighted by atomic mass is 35.5. The van der Waals surface area contributed by atoms with Gasteiger partial charge in [0.15, 0.2) is 0 Å². The van der Waals surface area contributed by atoms with Crippen LogP contribution in [0.25, 0.3) is 0 Å². The first-order valence-corrected chi connectivity index (χ1v) is 10.2. The second-order valence-corrected chi connectivity index (χ2v) is 7.53. The lowest BCUT2D eigenvalue weighted by Crippen LogP contribution is -2.27. The Morgan fingerprint density at radius 2 is 1.62 bits per heavy atom. The summed E-state index contributed by atoms with van der Waals surface area (Å²) in [6.45, 7) is 0.153. The highest BCUT2D eigenvalue weighted by molar-refractivity contribution is 6.34. The molecule has 0 atom stereocenters. The molecule has 2 N–H and O–H groups in total. The van der Waals surface area contributed by atoms with Crippen LogP contribution >= 0.6 is 11.6 Å². The minimum Gasteiger partial charge on any atom is -0.352 e. The fraction of sp³-hybridized carbons (Fsp3) is 0.130. The molecule has 0 aliphatic heterocycles. The monoisotopic (exact) mass is 491 g/mol. The topological polar surface area (TPSA) is 101 Å². The fourth-order valence-corrected chi connectivity index (χ4v) is 3.32. The first-order valence-electron chi connectivity index (χ1n) is 9.85. The summed E-state index contributed by atoms with van der Waals surface area (Å²) in [5.41, 5.74) is -0.0739. The van der Waals surface area contributed by atoms with Crippen LogP contribution in [-0.4, -0.2) is 23.3 Å². The van der Waals surface area contributed by atoms with E-state index in [1.54, 1.807) is 12.1 Å². The molecule has 0 spiro atoms. The van der Waals surface area contributed by atoms with Crippen LogP contribution in [0.2, 0.25) is 5.02 Å². The van der Waals surface area contributed by atoms with E-state index in [-0.39, 0.29) is 34.1 Å². The number of rotatable bonds is 7. The Morgan fingerprint density at radius 1 is 0.941 bits per heavy atom. The maximum atomic E-state index is 12.7. The van der Waals surface area contributed by atoms with Crippen molar-refractivity contribution in [1.82, 2.24) is 5.32 Å². The van der Waals surface area contributed by atoms with E-state index in [9.17, 15) is 32.9 Å². The molecule has 176 valence electrons. The number of anilines is 1. The van der Waals surface area contributed by atoms with Crippen molar-refractivity contribution in [2.75, 3.05) is 11.9 Å². The molecule has 0 saturated carbocycles. The van der Waals surface area contributed by atoms with Gasteiger partial charge in [0.05, 0.1) is 32.3 Å². The number of halogens is 4. The van der Waals surface area contributed by atoms with Gasteiger partial charge in [0.1, 0.15) is 0 Å². The van der Waals surface area contributed by atoms with Crippen molar-refractivity contribution < 1.29 is 27.7 Å². The molecular weight excluding hydrogens is 475 g/mol. The van der Waals surface area contributed by atoms with Gasteiger partial charge < -0.3 is 10.6 Å². The highest BCUT2D eigenvalue weighted by Gasteiger charge is 2.29. The normalized spacial score (nSPS) is 11.1. The van der Waals surface area contributed by atoms with E-state index in [0.29, 0.717) is 12.0 Å². The van der Waals surface area contributed by atoms with E-state index in [4.69, 9.17) is 11.6 Å². The summed E-state index contributed by atoms with van der Waals surface area (Å²) < 4.78 is 38.0. The van der Waals surface area contributed by atoms with E-state index in [0.717, 1.165) is 24.3 Å². The maximum Gasteiger partial charge on any atom is 0.416 e. The number of carbonyl (C=O) groups is 2. The van der Waals surface area contributed by atoms with Gasteiger partial charge in [0, 0.05) is 18.7 Å². The van der Waals surface area contributed by atoms with Crippen LogP contribution in [0.1, 0.15) is 31.8 Å². The molecule has 0 aliphatic rings. The molecule has 0 saturated heterocycles. The quantitative estimate of drug-likeness (QED) is 0.337. The smallest absolute Gasteiger partial charge is 0.352 e. The van der Waals surface area contributed by atoms with Crippen LogP contribution in [0.5, 0.6) is 0 Å². The lowest BCUT2D eigenvalue weighted by atomic mass is 10.1. The zero-order valence-corrected chi connectivity index (χ0v) is 18.1. The second kappa shape index (κ2) is 10.3. The Bertz CT molecular complexity index is 1230. The van der Waals surface area contributed by atoms with Crippen LogP contribution in [0.15, 0.2) is 66.7 Å². The third-order valence-corrected chi connectivity index (χ3v) is 5.12. The molecule has 3 rings (SSSR count). The fourth-order valence-electron chi connectivity index (χ4n) is 3.06. The van der Waals surface area contributed by atoms with E-state index < -0.39 is 28.5 Å². The molecule has 0 unspecified atom stereocenters. The van der Waals surface area contributed by atoms with Crippen LogP contribution in [0.4, 0.5) is 24.5 Å². The molecule has 3 aromatic rings. The molecule has 0 aromatic heterocycles. The number of para-hydroxylation sites is 1. The van der Waals surface area contributed by atoms with Crippen molar-refractivity contribution >= 4 is 34.8 Å². The Labute approximate surface area is 196 Å². The number of nitrogens with zero attached hydrogens (tertiary/aromatic N) is 1. The van der Waals surface area contributed by atoms with Gasteiger partial charge in [-0.2, -0.15) is 13.2 Å². The van der Waals surface area contributed by atoms with Crippen LogP contribution in [0, 0.1) is 10.1 Å². The number of carbonyl (C=O) groups excluding carboxylic acids is 2. The number of hydrogen-bond acceptors (Lipinski definition) is 4. The predicted molar refractivity (Wildman–Crippen MR) is 120 cm³/mol. The van der Waals surface area contributed by atoms with E-state index in [1.807, 2.05) is 0 Å². The van der Waals surface area contributed by atoms with E-state index in [2.05, 4.69) is 10.6 Å².